The molecule has 168 valence electrons. The van der Waals surface area contributed by atoms with Crippen LogP contribution in [0.1, 0.15) is 38.3 Å². The van der Waals surface area contributed by atoms with Crippen LogP contribution in [0.5, 0.6) is 0 Å². The average Bonchev–Trinajstić information content (AvgIpc) is 2.73. The molecule has 2 amide bonds. The van der Waals surface area contributed by atoms with Crippen LogP contribution in [-0.2, 0) is 21.8 Å². The first-order chi connectivity index (χ1) is 14.8. The molecule has 0 saturated heterocycles. The number of rotatable bonds is 11. The van der Waals surface area contributed by atoms with Crippen LogP contribution in [0.25, 0.3) is 0 Å². The lowest BCUT2D eigenvalue weighted by atomic mass is 10.1. The van der Waals surface area contributed by atoms with E-state index in [1.807, 2.05) is 63.2 Å². The summed E-state index contributed by atoms with van der Waals surface area (Å²) < 4.78 is 0. The first-order valence-corrected chi connectivity index (χ1v) is 12.4. The number of benzene rings is 2. The molecule has 1 N–H and O–H groups in total. The highest BCUT2D eigenvalue weighted by molar-refractivity contribution is 7.99. The van der Waals surface area contributed by atoms with Gasteiger partial charge < -0.3 is 10.2 Å². The Hall–Kier alpha value is -1.69. The first-order valence-electron chi connectivity index (χ1n) is 10.5. The molecule has 0 bridgehead atoms. The fraction of sp³-hybridized carbons (Fsp3) is 0.417. The standard InChI is InChI=1S/C24H30Cl2N2O2S/c1-4-22(24(30)27-17(2)3)28(13-12-18-8-6-5-7-9-18)23(29)16-31-15-19-10-11-20(25)21(26)14-19/h5-11,14,17,22H,4,12-13,15-16H2,1-3H3,(H,27,30)/t22-/m0/s1. The zero-order chi connectivity index (χ0) is 22.8. The second-order valence-corrected chi connectivity index (χ2v) is 9.45. The molecule has 0 fully saturated rings. The van der Waals surface area contributed by atoms with Gasteiger partial charge in [-0.1, -0.05) is 66.5 Å². The summed E-state index contributed by atoms with van der Waals surface area (Å²) in [6.45, 7) is 6.29. The van der Waals surface area contributed by atoms with E-state index in [1.54, 1.807) is 11.0 Å². The van der Waals surface area contributed by atoms with Gasteiger partial charge in [0.05, 0.1) is 15.8 Å². The van der Waals surface area contributed by atoms with Gasteiger partial charge in [0.1, 0.15) is 6.04 Å². The summed E-state index contributed by atoms with van der Waals surface area (Å²) in [6, 6.07) is 15.0. The van der Waals surface area contributed by atoms with Crippen molar-refractivity contribution in [1.29, 1.82) is 0 Å². The SMILES string of the molecule is CC[C@@H](C(=O)NC(C)C)N(CCc1ccccc1)C(=O)CSCc1ccc(Cl)c(Cl)c1. The van der Waals surface area contributed by atoms with E-state index in [0.29, 0.717) is 40.9 Å². The third-order valence-corrected chi connectivity index (χ3v) is 6.51. The van der Waals surface area contributed by atoms with Gasteiger partial charge in [-0.25, -0.2) is 0 Å². The quantitative estimate of drug-likeness (QED) is 0.455. The maximum absolute atomic E-state index is 13.1. The minimum atomic E-state index is -0.482. The molecule has 0 radical (unpaired) electrons. The third kappa shape index (κ3) is 8.40. The molecular formula is C24H30Cl2N2O2S. The molecule has 0 unspecified atom stereocenters. The van der Waals surface area contributed by atoms with Gasteiger partial charge in [-0.3, -0.25) is 9.59 Å². The van der Waals surface area contributed by atoms with Crippen molar-refractivity contribution in [2.45, 2.75) is 51.4 Å². The van der Waals surface area contributed by atoms with Gasteiger partial charge in [-0.2, -0.15) is 0 Å². The molecular weight excluding hydrogens is 451 g/mol. The van der Waals surface area contributed by atoms with Crippen LogP contribution in [0.15, 0.2) is 48.5 Å². The van der Waals surface area contributed by atoms with E-state index in [2.05, 4.69) is 5.32 Å². The fourth-order valence-electron chi connectivity index (χ4n) is 3.25. The monoisotopic (exact) mass is 480 g/mol. The highest BCUT2D eigenvalue weighted by atomic mass is 35.5. The molecule has 1 atom stereocenters. The smallest absolute Gasteiger partial charge is 0.242 e. The molecule has 0 saturated carbocycles. The Morgan fingerprint density at radius 1 is 1.03 bits per heavy atom. The van der Waals surface area contributed by atoms with Crippen LogP contribution < -0.4 is 5.32 Å². The Morgan fingerprint density at radius 3 is 2.35 bits per heavy atom. The van der Waals surface area contributed by atoms with E-state index in [1.165, 1.54) is 11.8 Å². The van der Waals surface area contributed by atoms with Crippen molar-refractivity contribution in [3.63, 3.8) is 0 Å². The second kappa shape index (κ2) is 13.0. The lowest BCUT2D eigenvalue weighted by molar-refractivity contribution is -0.139. The lowest BCUT2D eigenvalue weighted by Crippen LogP contribution is -2.51. The van der Waals surface area contributed by atoms with E-state index in [-0.39, 0.29) is 17.9 Å². The van der Waals surface area contributed by atoms with E-state index >= 15 is 0 Å². The topological polar surface area (TPSA) is 49.4 Å². The number of halogens is 2. The number of amides is 2. The number of nitrogens with zero attached hydrogens (tertiary/aromatic N) is 1. The van der Waals surface area contributed by atoms with Crippen molar-refractivity contribution >= 4 is 46.8 Å². The van der Waals surface area contributed by atoms with Crippen molar-refractivity contribution in [3.05, 3.63) is 69.7 Å². The van der Waals surface area contributed by atoms with Gasteiger partial charge in [-0.15, -0.1) is 11.8 Å². The number of carbonyl (C=O) groups is 2. The summed E-state index contributed by atoms with van der Waals surface area (Å²) in [5.41, 5.74) is 2.15. The molecule has 0 heterocycles. The van der Waals surface area contributed by atoms with Crippen LogP contribution in [0.3, 0.4) is 0 Å². The molecule has 31 heavy (non-hydrogen) atoms. The van der Waals surface area contributed by atoms with Crippen LogP contribution in [-0.4, -0.2) is 41.1 Å². The summed E-state index contributed by atoms with van der Waals surface area (Å²) in [5, 5.41) is 3.97. The maximum Gasteiger partial charge on any atom is 0.242 e. The Labute approximate surface area is 199 Å². The number of nitrogens with one attached hydrogen (secondary N) is 1. The fourth-order valence-corrected chi connectivity index (χ4v) is 4.42. The minimum absolute atomic E-state index is 0.0247. The summed E-state index contributed by atoms with van der Waals surface area (Å²) in [7, 11) is 0. The molecule has 0 aliphatic heterocycles. The number of hydrogen-bond donors (Lipinski definition) is 1. The molecule has 2 aromatic rings. The first kappa shape index (κ1) is 25.6. The summed E-state index contributed by atoms with van der Waals surface area (Å²) in [4.78, 5) is 27.6. The van der Waals surface area contributed by atoms with Crippen molar-refractivity contribution in [3.8, 4) is 0 Å². The van der Waals surface area contributed by atoms with Gasteiger partial charge in [-0.05, 0) is 49.9 Å². The van der Waals surface area contributed by atoms with Crippen LogP contribution in [0.4, 0.5) is 0 Å². The second-order valence-electron chi connectivity index (χ2n) is 7.65. The highest BCUT2D eigenvalue weighted by Crippen LogP contribution is 2.25. The number of carbonyl (C=O) groups excluding carboxylic acids is 2. The zero-order valence-corrected chi connectivity index (χ0v) is 20.6. The van der Waals surface area contributed by atoms with E-state index in [4.69, 9.17) is 23.2 Å². The number of thioether (sulfide) groups is 1. The molecule has 0 aliphatic carbocycles. The predicted molar refractivity (Wildman–Crippen MR) is 132 cm³/mol. The molecule has 2 rings (SSSR count). The molecule has 0 spiro atoms. The van der Waals surface area contributed by atoms with Crippen molar-refractivity contribution in [2.75, 3.05) is 12.3 Å². The normalized spacial score (nSPS) is 11.9. The Morgan fingerprint density at radius 2 is 1.74 bits per heavy atom. The van der Waals surface area contributed by atoms with Gasteiger partial charge in [0.25, 0.3) is 0 Å². The predicted octanol–water partition coefficient (Wildman–Crippen LogP) is 5.60. The van der Waals surface area contributed by atoms with Gasteiger partial charge in [0, 0.05) is 18.3 Å². The van der Waals surface area contributed by atoms with Crippen molar-refractivity contribution in [2.24, 2.45) is 0 Å². The van der Waals surface area contributed by atoms with E-state index in [9.17, 15) is 9.59 Å². The average molecular weight is 481 g/mol. The molecule has 2 aromatic carbocycles. The van der Waals surface area contributed by atoms with Crippen LogP contribution in [0.2, 0.25) is 10.0 Å². The van der Waals surface area contributed by atoms with Crippen LogP contribution >= 0.6 is 35.0 Å². The lowest BCUT2D eigenvalue weighted by Gasteiger charge is -2.31. The summed E-state index contributed by atoms with van der Waals surface area (Å²) in [6.07, 6.45) is 1.27. The molecule has 7 heteroatoms. The van der Waals surface area contributed by atoms with E-state index in [0.717, 1.165) is 11.1 Å². The molecule has 0 aliphatic rings. The zero-order valence-electron chi connectivity index (χ0n) is 18.2. The van der Waals surface area contributed by atoms with Gasteiger partial charge in [0.2, 0.25) is 11.8 Å². The van der Waals surface area contributed by atoms with Crippen molar-refractivity contribution in [1.82, 2.24) is 10.2 Å². The Bertz CT molecular complexity index is 862. The number of hydrogen-bond acceptors (Lipinski definition) is 3. The van der Waals surface area contributed by atoms with Gasteiger partial charge in [0.15, 0.2) is 0 Å². The minimum Gasteiger partial charge on any atom is -0.352 e. The Kier molecular flexibility index (Phi) is 10.7. The summed E-state index contributed by atoms with van der Waals surface area (Å²) >= 11 is 13.6. The van der Waals surface area contributed by atoms with E-state index < -0.39 is 6.04 Å². The third-order valence-electron chi connectivity index (χ3n) is 4.78. The molecule has 4 nitrogen and oxygen atoms in total. The summed E-state index contributed by atoms with van der Waals surface area (Å²) in [5.74, 6) is 0.796. The van der Waals surface area contributed by atoms with Crippen LogP contribution in [0, 0.1) is 0 Å². The highest BCUT2D eigenvalue weighted by Gasteiger charge is 2.28. The molecule has 0 aromatic heterocycles. The maximum atomic E-state index is 13.1. The van der Waals surface area contributed by atoms with Crippen molar-refractivity contribution < 1.29 is 9.59 Å². The Balaban J connectivity index is 2.06. The van der Waals surface area contributed by atoms with Gasteiger partial charge >= 0.3 is 0 Å². The largest absolute Gasteiger partial charge is 0.352 e.